The Labute approximate surface area is 222 Å². The maximum Gasteiger partial charge on any atom is 0.135 e. The van der Waals surface area contributed by atoms with Gasteiger partial charge in [-0.1, -0.05) is 56.4 Å². The number of para-hydroxylation sites is 1. The Balaban J connectivity index is 1.15. The Morgan fingerprint density at radius 1 is 0.486 bits per heavy atom. The van der Waals surface area contributed by atoms with Crippen LogP contribution in [0.4, 0.5) is 0 Å². The highest BCUT2D eigenvalue weighted by molar-refractivity contribution is 6.05. The van der Waals surface area contributed by atoms with Gasteiger partial charge in [-0.15, -0.1) is 0 Å². The average molecular weight is 493 g/mol. The van der Waals surface area contributed by atoms with Gasteiger partial charge in [0, 0.05) is 10.8 Å². The van der Waals surface area contributed by atoms with Crippen LogP contribution in [-0.2, 0) is 0 Å². The van der Waals surface area contributed by atoms with Crippen LogP contribution in [0.2, 0.25) is 0 Å². The van der Waals surface area contributed by atoms with E-state index in [1.807, 2.05) is 0 Å². The van der Waals surface area contributed by atoms with Gasteiger partial charge < -0.3 is 4.42 Å². The summed E-state index contributed by atoms with van der Waals surface area (Å²) < 4.78 is 6.23. The van der Waals surface area contributed by atoms with Gasteiger partial charge in [-0.25, -0.2) is 0 Å². The van der Waals surface area contributed by atoms with E-state index in [4.69, 9.17) is 4.42 Å². The second-order valence-electron chi connectivity index (χ2n) is 14.5. The van der Waals surface area contributed by atoms with Crippen LogP contribution in [0.3, 0.4) is 0 Å². The lowest BCUT2D eigenvalue weighted by atomic mass is 9.37. The number of hydrogen-bond acceptors (Lipinski definition) is 1. The number of hydrogen-bond donors (Lipinski definition) is 0. The highest BCUT2D eigenvalue weighted by atomic mass is 16.3. The minimum Gasteiger partial charge on any atom is -0.456 e. The lowest BCUT2D eigenvalue weighted by molar-refractivity contribution is -0.189. The molecule has 2 aromatic carbocycles. The summed E-state index contributed by atoms with van der Waals surface area (Å²) in [7, 11) is 0. The topological polar surface area (TPSA) is 13.1 Å². The van der Waals surface area contributed by atoms with E-state index in [1.165, 1.54) is 49.3 Å². The molecule has 3 aromatic rings. The largest absolute Gasteiger partial charge is 0.456 e. The van der Waals surface area contributed by atoms with E-state index in [0.29, 0.717) is 0 Å². The maximum atomic E-state index is 6.23. The lowest BCUT2D eigenvalue weighted by Gasteiger charge is -2.68. The van der Waals surface area contributed by atoms with E-state index in [-0.39, 0.29) is 0 Å². The molecule has 6 aliphatic rings. The van der Waals surface area contributed by atoms with Gasteiger partial charge in [0.2, 0.25) is 0 Å². The molecule has 8 atom stereocenters. The molecule has 0 aliphatic heterocycles. The van der Waals surface area contributed by atoms with Gasteiger partial charge in [0.25, 0.3) is 0 Å². The Morgan fingerprint density at radius 2 is 1.03 bits per heavy atom. The second-order valence-corrected chi connectivity index (χ2v) is 14.5. The van der Waals surface area contributed by atoms with Crippen molar-refractivity contribution in [1.29, 1.82) is 0 Å². The minimum atomic E-state index is 0.756. The van der Waals surface area contributed by atoms with Gasteiger partial charge in [0.15, 0.2) is 0 Å². The van der Waals surface area contributed by atoms with Crippen molar-refractivity contribution in [3.05, 3.63) is 48.0 Å². The minimum absolute atomic E-state index is 0.756. The summed E-state index contributed by atoms with van der Waals surface area (Å²) in [6.07, 6.45) is 20.0. The molecule has 0 N–H and O–H groups in total. The van der Waals surface area contributed by atoms with Gasteiger partial charge in [-0.05, 0) is 140 Å². The van der Waals surface area contributed by atoms with Crippen molar-refractivity contribution in [3.63, 3.8) is 0 Å². The van der Waals surface area contributed by atoms with E-state index in [2.05, 4.69) is 42.5 Å². The van der Waals surface area contributed by atoms with E-state index in [0.717, 1.165) is 76.3 Å². The van der Waals surface area contributed by atoms with Crippen LogP contribution >= 0.6 is 0 Å². The Hall–Kier alpha value is -1.76. The molecule has 0 spiro atoms. The van der Waals surface area contributed by atoms with Crippen molar-refractivity contribution in [2.75, 3.05) is 0 Å². The average Bonchev–Trinajstić information content (AvgIpc) is 3.34. The molecule has 0 saturated heterocycles. The van der Waals surface area contributed by atoms with Gasteiger partial charge >= 0.3 is 0 Å². The highest BCUT2D eigenvalue weighted by Gasteiger charge is 2.62. The molecule has 9 rings (SSSR count). The second kappa shape index (κ2) is 8.37. The zero-order chi connectivity index (χ0) is 24.1. The summed E-state index contributed by atoms with van der Waals surface area (Å²) in [4.78, 5) is 0. The number of rotatable bonds is 1. The first-order valence-corrected chi connectivity index (χ1v) is 16.3. The van der Waals surface area contributed by atoms with Crippen LogP contribution in [0.5, 0.6) is 0 Å². The third-order valence-corrected chi connectivity index (χ3v) is 13.4. The zero-order valence-electron chi connectivity index (χ0n) is 22.5. The molecule has 1 aromatic heterocycles. The summed E-state index contributed by atoms with van der Waals surface area (Å²) >= 11 is 0. The summed E-state index contributed by atoms with van der Waals surface area (Å²) in [6.45, 7) is 0. The number of fused-ring (bicyclic) bond motifs is 9. The van der Waals surface area contributed by atoms with E-state index >= 15 is 0 Å². The molecule has 8 unspecified atom stereocenters. The molecule has 1 heterocycles. The third-order valence-electron chi connectivity index (χ3n) is 13.4. The highest BCUT2D eigenvalue weighted by Crippen LogP contribution is 2.70. The van der Waals surface area contributed by atoms with Gasteiger partial charge in [-0.2, -0.15) is 0 Å². The maximum absolute atomic E-state index is 6.23. The van der Waals surface area contributed by atoms with Crippen molar-refractivity contribution < 1.29 is 4.42 Å². The van der Waals surface area contributed by atoms with E-state index < -0.39 is 0 Å². The molecule has 6 saturated carbocycles. The predicted octanol–water partition coefficient (Wildman–Crippen LogP) is 9.98. The molecule has 0 radical (unpaired) electrons. The molecule has 1 nitrogen and oxygen atoms in total. The first kappa shape index (κ1) is 22.1. The summed E-state index contributed by atoms with van der Waals surface area (Å²) in [5.74, 6) is 11.4. The standard InChI is InChI=1S/C36H44O/c1-3-10-25-23(8-1)28-13-7-14-29-24-9-2-4-11-26(24)32-20-22(19-31(25)36(32)35(28)29)21-16-17-34-30(18-21)27-12-5-6-15-33(27)37-34/h5-6,12,15-18,22-26,28-29,31-32,35-36H,1-4,7-11,13-14,19-20H2. The molecular formula is C36H44O. The van der Waals surface area contributed by atoms with Crippen LogP contribution in [-0.4, -0.2) is 0 Å². The predicted molar refractivity (Wildman–Crippen MR) is 151 cm³/mol. The fourth-order valence-electron chi connectivity index (χ4n) is 12.5. The molecule has 1 heteroatoms. The molecule has 37 heavy (non-hydrogen) atoms. The lowest BCUT2D eigenvalue weighted by Crippen LogP contribution is -2.61. The fourth-order valence-corrected chi connectivity index (χ4v) is 12.5. The number of benzene rings is 2. The fraction of sp³-hybridized carbons (Fsp3) is 0.667. The van der Waals surface area contributed by atoms with Crippen LogP contribution in [0.15, 0.2) is 46.9 Å². The molecular weight excluding hydrogens is 448 g/mol. The third kappa shape index (κ3) is 3.15. The Morgan fingerprint density at radius 3 is 1.70 bits per heavy atom. The van der Waals surface area contributed by atoms with Crippen molar-refractivity contribution in [2.45, 2.75) is 89.4 Å². The van der Waals surface area contributed by atoms with Crippen LogP contribution in [0.1, 0.15) is 95.0 Å². The van der Waals surface area contributed by atoms with Gasteiger partial charge in [-0.3, -0.25) is 0 Å². The summed E-state index contributed by atoms with van der Waals surface area (Å²) in [5, 5.41) is 2.65. The first-order chi connectivity index (χ1) is 18.3. The SMILES string of the molecule is c1ccc2c(c1)oc1ccc(C3CC4C5CCCCC5C5CCCC6C7CCCCC7C(C3)C4C56)cc12. The molecule has 0 amide bonds. The van der Waals surface area contributed by atoms with E-state index in [9.17, 15) is 0 Å². The molecule has 6 aliphatic carbocycles. The van der Waals surface area contributed by atoms with Gasteiger partial charge in [0.1, 0.15) is 11.2 Å². The molecule has 6 fully saturated rings. The quantitative estimate of drug-likeness (QED) is 0.329. The summed E-state index contributed by atoms with van der Waals surface area (Å²) in [5.41, 5.74) is 3.74. The van der Waals surface area contributed by atoms with Crippen molar-refractivity contribution >= 4 is 21.9 Å². The summed E-state index contributed by atoms with van der Waals surface area (Å²) in [6, 6.07) is 16.0. The van der Waals surface area contributed by atoms with Crippen molar-refractivity contribution in [3.8, 4) is 0 Å². The van der Waals surface area contributed by atoms with Crippen molar-refractivity contribution in [2.24, 2.45) is 59.2 Å². The number of furan rings is 1. The Bertz CT molecular complexity index is 1270. The van der Waals surface area contributed by atoms with Crippen molar-refractivity contribution in [1.82, 2.24) is 0 Å². The normalized spacial score (nSPS) is 44.7. The van der Waals surface area contributed by atoms with Gasteiger partial charge in [0.05, 0.1) is 0 Å². The van der Waals surface area contributed by atoms with Crippen LogP contribution in [0.25, 0.3) is 21.9 Å². The molecule has 0 bridgehead atoms. The van der Waals surface area contributed by atoms with Crippen LogP contribution in [0, 0.1) is 59.2 Å². The Kier molecular flexibility index (Phi) is 5.00. The zero-order valence-corrected chi connectivity index (χ0v) is 22.5. The van der Waals surface area contributed by atoms with Crippen LogP contribution < -0.4 is 0 Å². The first-order valence-electron chi connectivity index (χ1n) is 16.3. The monoisotopic (exact) mass is 492 g/mol. The molecule has 194 valence electrons. The van der Waals surface area contributed by atoms with E-state index in [1.54, 1.807) is 50.5 Å². The smallest absolute Gasteiger partial charge is 0.135 e.